The number of hydrogen-bond acceptors (Lipinski definition) is 2. The van der Waals surface area contributed by atoms with Crippen LogP contribution in [0.15, 0.2) is 29.3 Å². The predicted molar refractivity (Wildman–Crippen MR) is 90.0 cm³/mol. The topological polar surface area (TPSA) is 41.5 Å². The molecule has 1 aliphatic carbocycles. The summed E-state index contributed by atoms with van der Waals surface area (Å²) in [5.74, 6) is 0.701. The number of carbonyl (C=O) groups is 1. The molecule has 1 aromatic rings. The monoisotopic (exact) mass is 298 g/mol. The minimum atomic E-state index is -0.348. The van der Waals surface area contributed by atoms with Gasteiger partial charge in [0.15, 0.2) is 0 Å². The van der Waals surface area contributed by atoms with Gasteiger partial charge in [-0.1, -0.05) is 50.6 Å². The smallest absolute Gasteiger partial charge is 0.272 e. The summed E-state index contributed by atoms with van der Waals surface area (Å²) in [5, 5.41) is 3.16. The third-order valence-corrected chi connectivity index (χ3v) is 5.25. The predicted octanol–water partition coefficient (Wildman–Crippen LogP) is 3.85. The first kappa shape index (κ1) is 15.3. The minimum absolute atomic E-state index is 0.0157. The van der Waals surface area contributed by atoms with Gasteiger partial charge in [-0.15, -0.1) is 0 Å². The van der Waals surface area contributed by atoms with Crippen LogP contribution in [0.4, 0.5) is 0 Å². The van der Waals surface area contributed by atoms with Crippen LogP contribution in [0.5, 0.6) is 0 Å². The Morgan fingerprint density at radius 2 is 1.73 bits per heavy atom. The number of carbonyl (C=O) groups excluding carboxylic acids is 1. The highest BCUT2D eigenvalue weighted by molar-refractivity contribution is 6.46. The van der Waals surface area contributed by atoms with Crippen LogP contribution in [-0.4, -0.2) is 17.3 Å². The van der Waals surface area contributed by atoms with E-state index in [1.807, 2.05) is 24.3 Å². The Labute approximate surface area is 133 Å². The van der Waals surface area contributed by atoms with Gasteiger partial charge in [-0.3, -0.25) is 9.79 Å². The van der Waals surface area contributed by atoms with Crippen LogP contribution in [0.3, 0.4) is 0 Å². The maximum absolute atomic E-state index is 12.4. The van der Waals surface area contributed by atoms with E-state index in [-0.39, 0.29) is 11.6 Å². The lowest BCUT2D eigenvalue weighted by Gasteiger charge is -2.40. The van der Waals surface area contributed by atoms with Crippen molar-refractivity contribution in [2.45, 2.75) is 59.0 Å². The SMILES string of the molecule is Cc1ccc(C2=NC3(CCC(C(C)(C)C)CC3)NC2=O)cc1. The minimum Gasteiger partial charge on any atom is -0.326 e. The van der Waals surface area contributed by atoms with Gasteiger partial charge in [-0.05, 0) is 43.9 Å². The molecule has 3 rings (SSSR count). The zero-order chi connectivity index (χ0) is 16.0. The summed E-state index contributed by atoms with van der Waals surface area (Å²) in [6.45, 7) is 8.98. The normalized spacial score (nSPS) is 28.6. The van der Waals surface area contributed by atoms with E-state index in [1.165, 1.54) is 5.56 Å². The molecule has 1 heterocycles. The molecule has 118 valence electrons. The second-order valence-electron chi connectivity index (χ2n) is 7.95. The lowest BCUT2D eigenvalue weighted by atomic mass is 9.70. The number of nitrogens with one attached hydrogen (secondary N) is 1. The van der Waals surface area contributed by atoms with E-state index in [1.54, 1.807) is 0 Å². The van der Waals surface area contributed by atoms with Crippen LogP contribution in [-0.2, 0) is 4.79 Å². The first-order valence-electron chi connectivity index (χ1n) is 8.28. The fraction of sp³-hybridized carbons (Fsp3) is 0.579. The highest BCUT2D eigenvalue weighted by Gasteiger charge is 2.44. The van der Waals surface area contributed by atoms with Crippen molar-refractivity contribution in [1.29, 1.82) is 0 Å². The molecule has 0 aromatic heterocycles. The fourth-order valence-electron chi connectivity index (χ4n) is 3.67. The van der Waals surface area contributed by atoms with Gasteiger partial charge in [0.2, 0.25) is 0 Å². The van der Waals surface area contributed by atoms with E-state index in [4.69, 9.17) is 4.99 Å². The highest BCUT2D eigenvalue weighted by atomic mass is 16.2. The van der Waals surface area contributed by atoms with Gasteiger partial charge in [-0.25, -0.2) is 0 Å². The van der Waals surface area contributed by atoms with E-state index >= 15 is 0 Å². The highest BCUT2D eigenvalue weighted by Crippen LogP contribution is 2.43. The number of amides is 1. The average Bonchev–Trinajstić information content (AvgIpc) is 2.76. The first-order chi connectivity index (χ1) is 10.3. The summed E-state index contributed by atoms with van der Waals surface area (Å²) in [5.41, 5.74) is 2.72. The van der Waals surface area contributed by atoms with E-state index in [0.29, 0.717) is 17.0 Å². The van der Waals surface area contributed by atoms with Gasteiger partial charge in [0.25, 0.3) is 5.91 Å². The standard InChI is InChI=1S/C19H26N2O/c1-13-5-7-14(8-6-13)16-17(22)21-19(20-16)11-9-15(10-12-19)18(2,3)4/h5-8,15H,9-12H2,1-4H3,(H,21,22). The Morgan fingerprint density at radius 3 is 2.27 bits per heavy atom. The third-order valence-electron chi connectivity index (χ3n) is 5.25. The van der Waals surface area contributed by atoms with Crippen molar-refractivity contribution in [2.75, 3.05) is 0 Å². The molecule has 3 nitrogen and oxygen atoms in total. The van der Waals surface area contributed by atoms with Crippen LogP contribution in [0.25, 0.3) is 0 Å². The molecule has 2 aliphatic rings. The molecule has 1 saturated carbocycles. The summed E-state index contributed by atoms with van der Waals surface area (Å²) in [6.07, 6.45) is 4.18. The van der Waals surface area contributed by atoms with Crippen molar-refractivity contribution in [3.63, 3.8) is 0 Å². The molecule has 0 atom stereocenters. The molecule has 0 bridgehead atoms. The Kier molecular flexibility index (Phi) is 3.62. The summed E-state index contributed by atoms with van der Waals surface area (Å²) in [6, 6.07) is 8.06. The van der Waals surface area contributed by atoms with Gasteiger partial charge >= 0.3 is 0 Å². The van der Waals surface area contributed by atoms with Gasteiger partial charge in [-0.2, -0.15) is 0 Å². The van der Waals surface area contributed by atoms with Crippen LogP contribution in [0, 0.1) is 18.3 Å². The molecule has 0 unspecified atom stereocenters. The molecule has 0 saturated heterocycles. The molecular weight excluding hydrogens is 272 g/mol. The van der Waals surface area contributed by atoms with Crippen molar-refractivity contribution < 1.29 is 4.79 Å². The van der Waals surface area contributed by atoms with Gasteiger partial charge in [0.05, 0.1) is 0 Å². The van der Waals surface area contributed by atoms with Crippen molar-refractivity contribution in [3.8, 4) is 0 Å². The van der Waals surface area contributed by atoms with Crippen LogP contribution < -0.4 is 5.32 Å². The molecule has 1 fully saturated rings. The van der Waals surface area contributed by atoms with Gasteiger partial charge < -0.3 is 5.32 Å². The first-order valence-corrected chi connectivity index (χ1v) is 8.28. The molecule has 1 aromatic carbocycles. The number of nitrogens with zero attached hydrogens (tertiary/aromatic N) is 1. The van der Waals surface area contributed by atoms with Gasteiger partial charge in [0, 0.05) is 5.56 Å². The van der Waals surface area contributed by atoms with Gasteiger partial charge in [0.1, 0.15) is 11.4 Å². The maximum atomic E-state index is 12.4. The number of hydrogen-bond donors (Lipinski definition) is 1. The molecule has 1 aliphatic heterocycles. The van der Waals surface area contributed by atoms with E-state index in [2.05, 4.69) is 33.0 Å². The summed E-state index contributed by atoms with van der Waals surface area (Å²) < 4.78 is 0. The molecule has 1 amide bonds. The van der Waals surface area contributed by atoms with E-state index in [0.717, 1.165) is 31.2 Å². The second kappa shape index (κ2) is 5.22. The lowest BCUT2D eigenvalue weighted by molar-refractivity contribution is -0.115. The molecule has 1 N–H and O–H groups in total. The van der Waals surface area contributed by atoms with Crippen molar-refractivity contribution >= 4 is 11.6 Å². The van der Waals surface area contributed by atoms with Crippen molar-refractivity contribution in [1.82, 2.24) is 5.32 Å². The van der Waals surface area contributed by atoms with Crippen molar-refractivity contribution in [3.05, 3.63) is 35.4 Å². The molecule has 3 heteroatoms. The van der Waals surface area contributed by atoms with Crippen LogP contribution >= 0.6 is 0 Å². The Morgan fingerprint density at radius 1 is 1.14 bits per heavy atom. The summed E-state index contributed by atoms with van der Waals surface area (Å²) in [4.78, 5) is 17.2. The third kappa shape index (κ3) is 2.81. The Bertz CT molecular complexity index is 599. The molecule has 22 heavy (non-hydrogen) atoms. The summed E-state index contributed by atoms with van der Waals surface area (Å²) >= 11 is 0. The molecule has 0 radical (unpaired) electrons. The number of aliphatic imine (C=N–C) groups is 1. The number of aryl methyl sites for hydroxylation is 1. The lowest BCUT2D eigenvalue weighted by Crippen LogP contribution is -2.46. The summed E-state index contributed by atoms with van der Waals surface area (Å²) in [7, 11) is 0. The molecular formula is C19H26N2O. The maximum Gasteiger partial charge on any atom is 0.272 e. The number of rotatable bonds is 1. The zero-order valence-corrected chi connectivity index (χ0v) is 14.1. The van der Waals surface area contributed by atoms with Crippen LogP contribution in [0.1, 0.15) is 57.6 Å². The Hall–Kier alpha value is -1.64. The van der Waals surface area contributed by atoms with E-state index < -0.39 is 0 Å². The van der Waals surface area contributed by atoms with Crippen LogP contribution in [0.2, 0.25) is 0 Å². The quantitative estimate of drug-likeness (QED) is 0.840. The largest absolute Gasteiger partial charge is 0.326 e. The number of benzene rings is 1. The van der Waals surface area contributed by atoms with E-state index in [9.17, 15) is 4.79 Å². The Balaban J connectivity index is 1.80. The zero-order valence-electron chi connectivity index (χ0n) is 14.1. The van der Waals surface area contributed by atoms with Crippen molar-refractivity contribution in [2.24, 2.45) is 16.3 Å². The molecule has 1 spiro atoms. The average molecular weight is 298 g/mol. The fourth-order valence-corrected chi connectivity index (χ4v) is 3.67. The second-order valence-corrected chi connectivity index (χ2v) is 7.95.